The summed E-state index contributed by atoms with van der Waals surface area (Å²) in [6.07, 6.45) is 1.51. The molecule has 5 nitrogen and oxygen atoms in total. The third-order valence-corrected chi connectivity index (χ3v) is 3.21. The number of ketones is 1. The molecule has 0 N–H and O–H groups in total. The largest absolute Gasteiger partial charge is 0.755 e. The minimum atomic E-state index is -2.49. The minimum absolute atomic E-state index is 0.0702. The molecule has 1 aromatic carbocycles. The second-order valence-corrected chi connectivity index (χ2v) is 4.60. The number of rotatable bonds is 4. The lowest BCUT2D eigenvalue weighted by Gasteiger charge is -2.25. The first-order chi connectivity index (χ1) is 9.09. The highest BCUT2D eigenvalue weighted by molar-refractivity contribution is 7.81. The van der Waals surface area contributed by atoms with Crippen LogP contribution < -0.4 is 4.31 Å². The zero-order valence-corrected chi connectivity index (χ0v) is 11.0. The molecular weight excluding hydrogens is 264 g/mol. The van der Waals surface area contributed by atoms with Gasteiger partial charge in [0.25, 0.3) is 0 Å². The van der Waals surface area contributed by atoms with Crippen molar-refractivity contribution in [3.63, 3.8) is 0 Å². The van der Waals surface area contributed by atoms with E-state index < -0.39 is 11.3 Å². The summed E-state index contributed by atoms with van der Waals surface area (Å²) >= 11 is -2.49. The van der Waals surface area contributed by atoms with E-state index in [0.717, 1.165) is 4.31 Å². The predicted octanol–water partition coefficient (Wildman–Crippen LogP) is 2.22. The molecule has 1 heterocycles. The number of Topliss-reactive ketones (excluding diaryl/α,β-unsaturated/α-hetero) is 1. The van der Waals surface area contributed by atoms with Gasteiger partial charge in [0.05, 0.1) is 17.0 Å². The highest BCUT2D eigenvalue weighted by Crippen LogP contribution is 2.24. The van der Waals surface area contributed by atoms with Gasteiger partial charge in [-0.3, -0.25) is 13.3 Å². The normalized spacial score (nSPS) is 11.9. The summed E-state index contributed by atoms with van der Waals surface area (Å²) in [5, 5.41) is 0. The number of carbonyl (C=O) groups excluding carboxylic acids is 1. The number of aromatic nitrogens is 1. The van der Waals surface area contributed by atoms with Crippen molar-refractivity contribution in [3.05, 3.63) is 54.2 Å². The highest BCUT2D eigenvalue weighted by atomic mass is 32.2. The van der Waals surface area contributed by atoms with Crippen LogP contribution in [0.1, 0.15) is 17.3 Å². The van der Waals surface area contributed by atoms with Gasteiger partial charge in [0.1, 0.15) is 5.82 Å². The number of benzene rings is 1. The van der Waals surface area contributed by atoms with E-state index in [4.69, 9.17) is 0 Å². The Morgan fingerprint density at radius 1 is 1.21 bits per heavy atom. The Hall–Kier alpha value is -2.05. The molecule has 1 unspecified atom stereocenters. The van der Waals surface area contributed by atoms with Crippen LogP contribution in [0.2, 0.25) is 0 Å². The van der Waals surface area contributed by atoms with Crippen LogP contribution in [0.5, 0.6) is 0 Å². The minimum Gasteiger partial charge on any atom is -0.755 e. The number of hydrogen-bond acceptors (Lipinski definition) is 4. The van der Waals surface area contributed by atoms with Crippen molar-refractivity contribution in [2.75, 3.05) is 4.31 Å². The van der Waals surface area contributed by atoms with Crippen LogP contribution in [0.4, 0.5) is 11.5 Å². The lowest BCUT2D eigenvalue weighted by molar-refractivity contribution is 0.101. The van der Waals surface area contributed by atoms with E-state index in [1.807, 2.05) is 0 Å². The zero-order valence-electron chi connectivity index (χ0n) is 10.1. The molecule has 1 aromatic heterocycles. The Kier molecular flexibility index (Phi) is 4.03. The summed E-state index contributed by atoms with van der Waals surface area (Å²) < 4.78 is 23.7. The molecule has 0 amide bonds. The number of anilines is 2. The van der Waals surface area contributed by atoms with Gasteiger partial charge >= 0.3 is 0 Å². The zero-order chi connectivity index (χ0) is 13.8. The number of carbonyl (C=O) groups is 1. The third kappa shape index (κ3) is 3.04. The van der Waals surface area contributed by atoms with Gasteiger partial charge < -0.3 is 4.55 Å². The van der Waals surface area contributed by atoms with Crippen LogP contribution in [-0.4, -0.2) is 19.5 Å². The van der Waals surface area contributed by atoms with E-state index in [1.165, 1.54) is 13.1 Å². The van der Waals surface area contributed by atoms with Crippen molar-refractivity contribution in [2.45, 2.75) is 6.92 Å². The van der Waals surface area contributed by atoms with E-state index in [2.05, 4.69) is 4.98 Å². The fraction of sp³-hybridized carbons (Fsp3) is 0.0769. The maximum Gasteiger partial charge on any atom is 0.159 e. The number of nitrogens with zero attached hydrogens (tertiary/aromatic N) is 2. The molecule has 2 aromatic rings. The Bertz CT molecular complexity index is 599. The van der Waals surface area contributed by atoms with Gasteiger partial charge in [-0.2, -0.15) is 0 Å². The van der Waals surface area contributed by atoms with Crippen LogP contribution in [0, 0.1) is 0 Å². The molecule has 19 heavy (non-hydrogen) atoms. The average molecular weight is 275 g/mol. The summed E-state index contributed by atoms with van der Waals surface area (Å²) in [5.74, 6) is 0.227. The van der Waals surface area contributed by atoms with Crippen molar-refractivity contribution in [3.8, 4) is 0 Å². The Morgan fingerprint density at radius 2 is 1.89 bits per heavy atom. The van der Waals surface area contributed by atoms with Gasteiger partial charge in [-0.05, 0) is 43.3 Å². The first-order valence-electron chi connectivity index (χ1n) is 5.51. The second kappa shape index (κ2) is 5.73. The maximum absolute atomic E-state index is 11.3. The van der Waals surface area contributed by atoms with Crippen molar-refractivity contribution in [2.24, 2.45) is 0 Å². The van der Waals surface area contributed by atoms with Crippen molar-refractivity contribution < 1.29 is 13.6 Å². The molecule has 98 valence electrons. The predicted molar refractivity (Wildman–Crippen MR) is 71.7 cm³/mol. The Labute approximate surface area is 113 Å². The van der Waals surface area contributed by atoms with Crippen LogP contribution in [0.25, 0.3) is 0 Å². The first-order valence-corrected chi connectivity index (χ1v) is 6.54. The summed E-state index contributed by atoms with van der Waals surface area (Å²) in [6.45, 7) is 1.46. The summed E-state index contributed by atoms with van der Waals surface area (Å²) in [5.41, 5.74) is 0.957. The monoisotopic (exact) mass is 275 g/mol. The SMILES string of the molecule is CC(=O)c1ccc(N(c2ccccn2)S(=O)[O-])cc1. The van der Waals surface area contributed by atoms with Crippen LogP contribution in [0.3, 0.4) is 0 Å². The van der Waals surface area contributed by atoms with Crippen molar-refractivity contribution in [1.29, 1.82) is 0 Å². The molecule has 0 saturated heterocycles. The maximum atomic E-state index is 11.3. The fourth-order valence-corrected chi connectivity index (χ4v) is 2.15. The topological polar surface area (TPSA) is 73.3 Å². The molecule has 0 aliphatic carbocycles. The van der Waals surface area contributed by atoms with Gasteiger partial charge in [0, 0.05) is 11.8 Å². The smallest absolute Gasteiger partial charge is 0.159 e. The Balaban J connectivity index is 2.40. The third-order valence-electron chi connectivity index (χ3n) is 2.51. The van der Waals surface area contributed by atoms with Gasteiger partial charge in [-0.25, -0.2) is 4.98 Å². The molecule has 0 bridgehead atoms. The molecule has 2 rings (SSSR count). The van der Waals surface area contributed by atoms with Crippen LogP contribution in [0.15, 0.2) is 48.7 Å². The number of hydrogen-bond donors (Lipinski definition) is 0. The molecule has 0 aliphatic heterocycles. The average Bonchev–Trinajstić information content (AvgIpc) is 2.40. The van der Waals surface area contributed by atoms with Gasteiger partial charge in [0.2, 0.25) is 0 Å². The molecular formula is C13H11N2O3S-. The summed E-state index contributed by atoms with van der Waals surface area (Å²) in [4.78, 5) is 15.2. The van der Waals surface area contributed by atoms with Gasteiger partial charge in [-0.15, -0.1) is 0 Å². The van der Waals surface area contributed by atoms with Crippen molar-refractivity contribution in [1.82, 2.24) is 4.98 Å². The molecule has 0 fully saturated rings. The van der Waals surface area contributed by atoms with E-state index in [1.54, 1.807) is 42.5 Å². The lowest BCUT2D eigenvalue weighted by atomic mass is 10.1. The number of pyridine rings is 1. The molecule has 6 heteroatoms. The lowest BCUT2D eigenvalue weighted by Crippen LogP contribution is -2.20. The fourth-order valence-electron chi connectivity index (χ4n) is 1.60. The Morgan fingerprint density at radius 3 is 2.37 bits per heavy atom. The molecule has 0 radical (unpaired) electrons. The standard InChI is InChI=1S/C13H12N2O3S/c1-10(16)11-5-7-12(8-6-11)15(19(17)18)13-4-2-3-9-14-13/h2-9H,1H3,(H,17,18)/p-1. The molecule has 0 saturated carbocycles. The first kappa shape index (κ1) is 13.4. The molecule has 0 aliphatic rings. The van der Waals surface area contributed by atoms with E-state index in [-0.39, 0.29) is 5.78 Å². The van der Waals surface area contributed by atoms with E-state index >= 15 is 0 Å². The van der Waals surface area contributed by atoms with Gasteiger partial charge in [-0.1, -0.05) is 6.07 Å². The van der Waals surface area contributed by atoms with E-state index in [9.17, 15) is 13.6 Å². The van der Waals surface area contributed by atoms with Crippen LogP contribution >= 0.6 is 0 Å². The highest BCUT2D eigenvalue weighted by Gasteiger charge is 2.11. The molecule has 1 atom stereocenters. The second-order valence-electron chi connectivity index (χ2n) is 3.80. The molecule has 0 spiro atoms. The van der Waals surface area contributed by atoms with Crippen LogP contribution in [-0.2, 0) is 11.3 Å². The quantitative estimate of drug-likeness (QED) is 0.633. The van der Waals surface area contributed by atoms with E-state index in [0.29, 0.717) is 17.1 Å². The summed E-state index contributed by atoms with van der Waals surface area (Å²) in [6, 6.07) is 11.3. The van der Waals surface area contributed by atoms with Crippen molar-refractivity contribution >= 4 is 28.6 Å². The summed E-state index contributed by atoms with van der Waals surface area (Å²) in [7, 11) is 0. The van der Waals surface area contributed by atoms with Gasteiger partial charge in [0.15, 0.2) is 5.78 Å².